The molecule has 0 aromatic carbocycles. The molecule has 0 saturated carbocycles. The number of carbonyl (C=O) groups excluding carboxylic acids is 4. The summed E-state index contributed by atoms with van der Waals surface area (Å²) in [6.45, 7) is 17.0. The minimum absolute atomic E-state index is 0.00721. The van der Waals surface area contributed by atoms with E-state index in [2.05, 4.69) is 29.4 Å². The number of piperidine rings is 1. The van der Waals surface area contributed by atoms with Gasteiger partial charge in [0.25, 0.3) is 0 Å². The molecule has 2 fully saturated rings. The molecule has 10 nitrogen and oxygen atoms in total. The predicted octanol–water partition coefficient (Wildman–Crippen LogP) is 3.43. The zero-order valence-electron chi connectivity index (χ0n) is 29.5. The van der Waals surface area contributed by atoms with Gasteiger partial charge in [0.15, 0.2) is 0 Å². The maximum atomic E-state index is 14.1. The van der Waals surface area contributed by atoms with Crippen LogP contribution in [0.3, 0.4) is 0 Å². The summed E-state index contributed by atoms with van der Waals surface area (Å²) in [5.41, 5.74) is -0.0624. The first-order valence-electron chi connectivity index (χ1n) is 16.8. The number of carbonyl (C=O) groups is 4. The molecule has 2 heterocycles. The van der Waals surface area contributed by atoms with Crippen molar-refractivity contribution in [3.05, 3.63) is 11.6 Å². The number of aliphatic hydroxyl groups is 1. The van der Waals surface area contributed by atoms with Crippen molar-refractivity contribution in [1.29, 1.82) is 0 Å². The molecule has 258 valence electrons. The molecule has 3 N–H and O–H groups in total. The molecule has 45 heavy (non-hydrogen) atoms. The predicted molar refractivity (Wildman–Crippen MR) is 183 cm³/mol. The van der Waals surface area contributed by atoms with E-state index in [0.717, 1.165) is 38.0 Å². The molecule has 5 atom stereocenters. The molecule has 0 aliphatic carbocycles. The lowest BCUT2D eigenvalue weighted by atomic mass is 9.84. The number of amides is 4. The molecule has 2 aliphatic heterocycles. The minimum atomic E-state index is -0.742. The van der Waals surface area contributed by atoms with Crippen molar-refractivity contribution in [3.63, 3.8) is 0 Å². The quantitative estimate of drug-likeness (QED) is 0.246. The summed E-state index contributed by atoms with van der Waals surface area (Å²) >= 11 is 1.65. The monoisotopic (exact) mass is 651 g/mol. The van der Waals surface area contributed by atoms with Gasteiger partial charge in [0.2, 0.25) is 23.6 Å². The Morgan fingerprint density at radius 2 is 1.60 bits per heavy atom. The fraction of sp³-hybridized carbons (Fsp3) is 0.824. The lowest BCUT2D eigenvalue weighted by Gasteiger charge is -2.41. The second kappa shape index (κ2) is 17.7. The number of nitrogens with one attached hydrogen (secondary N) is 2. The van der Waals surface area contributed by atoms with E-state index in [0.29, 0.717) is 25.0 Å². The van der Waals surface area contributed by atoms with E-state index in [1.165, 1.54) is 0 Å². The van der Waals surface area contributed by atoms with Crippen molar-refractivity contribution in [2.45, 2.75) is 130 Å². The van der Waals surface area contributed by atoms with Gasteiger partial charge in [-0.05, 0) is 82.8 Å². The van der Waals surface area contributed by atoms with E-state index in [1.54, 1.807) is 35.5 Å². The summed E-state index contributed by atoms with van der Waals surface area (Å²) < 4.78 is 0. The second-order valence-corrected chi connectivity index (χ2v) is 15.5. The van der Waals surface area contributed by atoms with Gasteiger partial charge in [-0.3, -0.25) is 24.1 Å². The standard InChI is InChI=1S/C34H61N5O5S/c1-22(2)28(20-24(5)32(43)39-18-13-15-27(39)30(41)35-25(21-40)16-19-45-10)37(9)33(44)29(34(6,7)8)36-31(42)26-14-11-12-17-38(26)23(3)4/h20,22-23,25-29,40H,11-19,21H2,1-10H3,(H,35,41)(H,36,42)/b24-20+/t25?,26-,27+,28-,29-/m1/s1. The minimum Gasteiger partial charge on any atom is -0.394 e. The highest BCUT2D eigenvalue weighted by atomic mass is 32.2. The topological polar surface area (TPSA) is 122 Å². The van der Waals surface area contributed by atoms with Gasteiger partial charge in [-0.1, -0.05) is 47.1 Å². The van der Waals surface area contributed by atoms with Crippen LogP contribution in [0.5, 0.6) is 0 Å². The molecule has 2 saturated heterocycles. The van der Waals surface area contributed by atoms with Crippen molar-refractivity contribution in [1.82, 2.24) is 25.3 Å². The third kappa shape index (κ3) is 10.7. The lowest BCUT2D eigenvalue weighted by molar-refractivity contribution is -0.142. The lowest BCUT2D eigenvalue weighted by Crippen LogP contribution is -2.60. The molecule has 0 aromatic rings. The Kier molecular flexibility index (Phi) is 15.4. The first kappa shape index (κ1) is 39.1. The summed E-state index contributed by atoms with van der Waals surface area (Å²) in [4.78, 5) is 60.1. The van der Waals surface area contributed by atoms with Gasteiger partial charge in [0.1, 0.15) is 12.1 Å². The third-order valence-electron chi connectivity index (χ3n) is 9.20. The Labute approximate surface area is 276 Å². The summed E-state index contributed by atoms with van der Waals surface area (Å²) in [7, 11) is 1.74. The fourth-order valence-corrected chi connectivity index (χ4v) is 6.97. The number of hydrogen-bond donors (Lipinski definition) is 3. The number of likely N-dealkylation sites (tertiary alicyclic amines) is 2. The first-order valence-corrected chi connectivity index (χ1v) is 18.2. The zero-order chi connectivity index (χ0) is 34.1. The largest absolute Gasteiger partial charge is 0.394 e. The van der Waals surface area contributed by atoms with Crippen LogP contribution in [0.4, 0.5) is 0 Å². The molecule has 0 bridgehead atoms. The van der Waals surface area contributed by atoms with Crippen LogP contribution >= 0.6 is 11.8 Å². The molecule has 0 aromatic heterocycles. The Balaban J connectivity index is 2.24. The van der Waals surface area contributed by atoms with Crippen LogP contribution in [0.25, 0.3) is 0 Å². The van der Waals surface area contributed by atoms with Crippen LogP contribution in [-0.2, 0) is 19.2 Å². The Hall–Kier alpha value is -2.11. The van der Waals surface area contributed by atoms with E-state index in [1.807, 2.05) is 47.0 Å². The van der Waals surface area contributed by atoms with Crippen LogP contribution in [0.2, 0.25) is 0 Å². The molecular weight excluding hydrogens is 590 g/mol. The number of nitrogens with zero attached hydrogens (tertiary/aromatic N) is 3. The number of hydrogen-bond acceptors (Lipinski definition) is 7. The van der Waals surface area contributed by atoms with E-state index < -0.39 is 23.5 Å². The van der Waals surface area contributed by atoms with Crippen LogP contribution in [0.15, 0.2) is 11.6 Å². The maximum Gasteiger partial charge on any atom is 0.249 e. The number of thioether (sulfide) groups is 1. The van der Waals surface area contributed by atoms with Crippen molar-refractivity contribution >= 4 is 35.4 Å². The molecular formula is C34H61N5O5S. The highest BCUT2D eigenvalue weighted by Gasteiger charge is 2.40. The Morgan fingerprint density at radius 1 is 0.978 bits per heavy atom. The van der Waals surface area contributed by atoms with Crippen LogP contribution in [-0.4, -0.2) is 118 Å². The third-order valence-corrected chi connectivity index (χ3v) is 9.84. The van der Waals surface area contributed by atoms with Gasteiger partial charge >= 0.3 is 0 Å². The van der Waals surface area contributed by atoms with Gasteiger partial charge in [0.05, 0.1) is 24.7 Å². The van der Waals surface area contributed by atoms with Gasteiger partial charge in [-0.25, -0.2) is 0 Å². The summed E-state index contributed by atoms with van der Waals surface area (Å²) in [6, 6.07) is -2.09. The van der Waals surface area contributed by atoms with E-state index in [4.69, 9.17) is 0 Å². The summed E-state index contributed by atoms with van der Waals surface area (Å²) in [6.07, 6.45) is 8.59. The average Bonchev–Trinajstić information content (AvgIpc) is 3.48. The van der Waals surface area contributed by atoms with Crippen LogP contribution < -0.4 is 10.6 Å². The van der Waals surface area contributed by atoms with Gasteiger partial charge in [-0.2, -0.15) is 11.8 Å². The summed E-state index contributed by atoms with van der Waals surface area (Å²) in [5, 5.41) is 15.8. The molecule has 11 heteroatoms. The first-order chi connectivity index (χ1) is 21.0. The molecule has 2 aliphatic rings. The Bertz CT molecular complexity index is 1040. The van der Waals surface area contributed by atoms with E-state index in [9.17, 15) is 24.3 Å². The number of aliphatic hydroxyl groups excluding tert-OH is 1. The van der Waals surface area contributed by atoms with Crippen molar-refractivity contribution < 1.29 is 24.3 Å². The molecule has 1 unspecified atom stereocenters. The second-order valence-electron chi connectivity index (χ2n) is 14.5. The summed E-state index contributed by atoms with van der Waals surface area (Å²) in [5.74, 6) is 0.0438. The maximum absolute atomic E-state index is 14.1. The highest BCUT2D eigenvalue weighted by Crippen LogP contribution is 2.27. The van der Waals surface area contributed by atoms with Crippen molar-refractivity contribution in [2.24, 2.45) is 11.3 Å². The molecule has 4 amide bonds. The smallest absolute Gasteiger partial charge is 0.249 e. The van der Waals surface area contributed by atoms with Gasteiger partial charge in [-0.15, -0.1) is 0 Å². The SMILES string of the molecule is CSCCC(CO)NC(=O)[C@@H]1CCCN1C(=O)/C(C)=C/[C@H](C(C)C)N(C)C(=O)[C@@H](NC(=O)[C@H]1CCCCN1C(C)C)C(C)(C)C. The average molecular weight is 652 g/mol. The van der Waals surface area contributed by atoms with E-state index >= 15 is 0 Å². The van der Waals surface area contributed by atoms with Crippen molar-refractivity contribution in [3.8, 4) is 0 Å². The van der Waals surface area contributed by atoms with Gasteiger partial charge < -0.3 is 25.5 Å². The number of likely N-dealkylation sites (N-methyl/N-ethyl adjacent to an activating group) is 1. The molecule has 2 rings (SSSR count). The van der Waals surface area contributed by atoms with E-state index in [-0.39, 0.29) is 54.3 Å². The zero-order valence-corrected chi connectivity index (χ0v) is 30.3. The van der Waals surface area contributed by atoms with Gasteiger partial charge in [0, 0.05) is 25.2 Å². The Morgan fingerprint density at radius 3 is 2.16 bits per heavy atom. The fourth-order valence-electron chi connectivity index (χ4n) is 6.45. The van der Waals surface area contributed by atoms with Crippen LogP contribution in [0.1, 0.15) is 93.9 Å². The molecule has 0 spiro atoms. The normalized spacial score (nSPS) is 21.9. The highest BCUT2D eigenvalue weighted by molar-refractivity contribution is 7.98. The van der Waals surface area contributed by atoms with Crippen molar-refractivity contribution in [2.75, 3.05) is 38.8 Å². The number of rotatable bonds is 14. The van der Waals surface area contributed by atoms with Crippen LogP contribution in [0, 0.1) is 11.3 Å². The molecule has 0 radical (unpaired) electrons.